The van der Waals surface area contributed by atoms with Crippen molar-refractivity contribution in [3.63, 3.8) is 0 Å². The van der Waals surface area contributed by atoms with E-state index in [0.29, 0.717) is 52.0 Å². The summed E-state index contributed by atoms with van der Waals surface area (Å²) in [4.78, 5) is 13.4. The van der Waals surface area contributed by atoms with E-state index < -0.39 is 67.1 Å². The van der Waals surface area contributed by atoms with E-state index in [1.165, 1.54) is 14.2 Å². The Kier molecular flexibility index (Phi) is 7.81. The highest BCUT2D eigenvalue weighted by molar-refractivity contribution is 5.79. The van der Waals surface area contributed by atoms with E-state index in [9.17, 15) is 25.2 Å². The number of fused-ring (bicyclic) bond motifs is 3. The van der Waals surface area contributed by atoms with Gasteiger partial charge in [0.25, 0.3) is 0 Å². The van der Waals surface area contributed by atoms with Crippen molar-refractivity contribution in [2.75, 3.05) is 40.8 Å². The van der Waals surface area contributed by atoms with Crippen molar-refractivity contribution in [2.45, 2.75) is 49.7 Å². The highest BCUT2D eigenvalue weighted by Gasteiger charge is 2.55. The number of hydrogen-bond acceptors (Lipinski definition) is 13. The summed E-state index contributed by atoms with van der Waals surface area (Å²) in [6.07, 6.45) is -8.27. The Morgan fingerprint density at radius 2 is 1.57 bits per heavy atom. The first kappa shape index (κ1) is 28.8. The SMILES string of the molecule is CCOc1c(OC)cc([C@@H]2c3cc4c(cc3[C@H](O[C@@H]3O[C@H](CO)[C@@H](O)[C@H](O)[C@H]3O)[C@H]3COC(=O)[C@H]23)OCO4)cc1OC. The highest BCUT2D eigenvalue weighted by atomic mass is 16.7. The Morgan fingerprint density at radius 3 is 2.19 bits per heavy atom. The van der Waals surface area contributed by atoms with Crippen LogP contribution in [0.15, 0.2) is 24.3 Å². The van der Waals surface area contributed by atoms with Gasteiger partial charge in [0.2, 0.25) is 12.5 Å². The molecule has 13 nitrogen and oxygen atoms in total. The maximum atomic E-state index is 13.4. The second-order valence-electron chi connectivity index (χ2n) is 10.6. The third kappa shape index (κ3) is 4.60. The zero-order valence-electron chi connectivity index (χ0n) is 23.3. The normalized spacial score (nSPS) is 33.0. The zero-order chi connectivity index (χ0) is 29.7. The molecule has 0 saturated carbocycles. The summed E-state index contributed by atoms with van der Waals surface area (Å²) < 4.78 is 46.0. The molecule has 1 aliphatic carbocycles. The molecule has 2 aromatic rings. The average Bonchev–Trinajstić information content (AvgIpc) is 3.62. The van der Waals surface area contributed by atoms with Crippen LogP contribution in [0.2, 0.25) is 0 Å². The molecule has 2 fully saturated rings. The summed E-state index contributed by atoms with van der Waals surface area (Å²) in [6.45, 7) is 1.65. The molecule has 4 N–H and O–H groups in total. The summed E-state index contributed by atoms with van der Waals surface area (Å²) in [5, 5.41) is 41.1. The summed E-state index contributed by atoms with van der Waals surface area (Å²) in [6, 6.07) is 7.16. The Labute approximate surface area is 241 Å². The number of benzene rings is 2. The van der Waals surface area contributed by atoms with E-state index in [1.54, 1.807) is 24.3 Å². The first-order valence-corrected chi connectivity index (χ1v) is 13.8. The molecule has 9 atom stereocenters. The predicted octanol–water partition coefficient (Wildman–Crippen LogP) is 0.623. The van der Waals surface area contributed by atoms with Crippen molar-refractivity contribution in [1.82, 2.24) is 0 Å². The lowest BCUT2D eigenvalue weighted by atomic mass is 9.66. The molecule has 6 rings (SSSR count). The van der Waals surface area contributed by atoms with Gasteiger partial charge in [-0.25, -0.2) is 0 Å². The Balaban J connectivity index is 1.48. The molecule has 42 heavy (non-hydrogen) atoms. The Bertz CT molecular complexity index is 1300. The lowest BCUT2D eigenvalue weighted by Gasteiger charge is -2.44. The number of carbonyl (C=O) groups excluding carboxylic acids is 1. The van der Waals surface area contributed by atoms with Gasteiger partial charge in [0.05, 0.1) is 46.1 Å². The molecule has 0 amide bonds. The van der Waals surface area contributed by atoms with Crippen LogP contribution < -0.4 is 23.7 Å². The molecule has 13 heteroatoms. The van der Waals surface area contributed by atoms with Crippen LogP contribution in [-0.4, -0.2) is 97.9 Å². The fourth-order valence-corrected chi connectivity index (χ4v) is 6.38. The number of rotatable bonds is 8. The van der Waals surface area contributed by atoms with Crippen molar-refractivity contribution >= 4 is 5.97 Å². The summed E-state index contributed by atoms with van der Waals surface area (Å²) in [5.41, 5.74) is 2.02. The monoisotopic (exact) mass is 590 g/mol. The molecule has 0 unspecified atom stereocenters. The van der Waals surface area contributed by atoms with E-state index in [2.05, 4.69) is 0 Å². The van der Waals surface area contributed by atoms with Crippen molar-refractivity contribution in [2.24, 2.45) is 11.8 Å². The van der Waals surface area contributed by atoms with Crippen molar-refractivity contribution in [3.8, 4) is 28.7 Å². The molecular formula is C29H34O13. The lowest BCUT2D eigenvalue weighted by Crippen LogP contribution is -2.59. The number of carbonyl (C=O) groups is 1. The second-order valence-corrected chi connectivity index (χ2v) is 10.6. The van der Waals surface area contributed by atoms with Crippen LogP contribution in [-0.2, 0) is 19.0 Å². The molecule has 0 aromatic heterocycles. The lowest BCUT2D eigenvalue weighted by molar-refractivity contribution is -0.317. The van der Waals surface area contributed by atoms with Crippen LogP contribution in [0, 0.1) is 11.8 Å². The van der Waals surface area contributed by atoms with Crippen LogP contribution in [0.3, 0.4) is 0 Å². The fraction of sp³-hybridized carbons (Fsp3) is 0.552. The van der Waals surface area contributed by atoms with Gasteiger partial charge in [-0.2, -0.15) is 0 Å². The van der Waals surface area contributed by atoms with Crippen molar-refractivity contribution in [1.29, 1.82) is 0 Å². The third-order valence-corrected chi connectivity index (χ3v) is 8.38. The molecule has 4 aliphatic rings. The largest absolute Gasteiger partial charge is 0.493 e. The molecule has 228 valence electrons. The Hall–Kier alpha value is -3.33. The summed E-state index contributed by atoms with van der Waals surface area (Å²) in [5.74, 6) is -0.0356. The quantitative estimate of drug-likeness (QED) is 0.316. The topological polar surface area (TPSA) is 172 Å². The average molecular weight is 591 g/mol. The van der Waals surface area contributed by atoms with Gasteiger partial charge in [0.15, 0.2) is 29.3 Å². The number of cyclic esters (lactones) is 1. The maximum Gasteiger partial charge on any atom is 0.310 e. The van der Waals surface area contributed by atoms with Gasteiger partial charge in [-0.1, -0.05) is 0 Å². The summed E-state index contributed by atoms with van der Waals surface area (Å²) in [7, 11) is 3.04. The maximum absolute atomic E-state index is 13.4. The van der Waals surface area contributed by atoms with Crippen molar-refractivity contribution in [3.05, 3.63) is 41.0 Å². The molecule has 0 bridgehead atoms. The van der Waals surface area contributed by atoms with Gasteiger partial charge in [-0.15, -0.1) is 0 Å². The highest BCUT2D eigenvalue weighted by Crippen LogP contribution is 2.57. The minimum Gasteiger partial charge on any atom is -0.493 e. The van der Waals surface area contributed by atoms with Crippen LogP contribution in [0.5, 0.6) is 28.7 Å². The molecule has 2 saturated heterocycles. The smallest absolute Gasteiger partial charge is 0.310 e. The van der Waals surface area contributed by atoms with E-state index in [-0.39, 0.29) is 13.4 Å². The third-order valence-electron chi connectivity index (χ3n) is 8.38. The van der Waals surface area contributed by atoms with Crippen LogP contribution in [0.1, 0.15) is 35.6 Å². The molecule has 3 heterocycles. The molecule has 0 spiro atoms. The number of esters is 1. The fourth-order valence-electron chi connectivity index (χ4n) is 6.38. The first-order chi connectivity index (χ1) is 20.3. The van der Waals surface area contributed by atoms with E-state index in [1.807, 2.05) is 6.92 Å². The molecule has 2 aromatic carbocycles. The van der Waals surface area contributed by atoms with Crippen molar-refractivity contribution < 1.29 is 63.1 Å². The number of hydrogen-bond donors (Lipinski definition) is 4. The van der Waals surface area contributed by atoms with E-state index in [0.717, 1.165) is 0 Å². The standard InChI is InChI=1S/C29H34O13/c1-4-37-27-18(35-2)5-12(6-19(27)36-3)21-13-7-16-17(40-11-39-16)8-14(13)26(15-10-38-28(34)22(15)21)42-29-25(33)24(32)23(31)20(9-30)41-29/h5-8,15,20-26,29-33H,4,9-11H2,1-3H3/t15-,20+,21+,22-,23+,24-,25+,26-,29-/m0/s1. The predicted molar refractivity (Wildman–Crippen MR) is 141 cm³/mol. The van der Waals surface area contributed by atoms with Gasteiger partial charge in [0.1, 0.15) is 24.4 Å². The van der Waals surface area contributed by atoms with Gasteiger partial charge in [0, 0.05) is 11.8 Å². The van der Waals surface area contributed by atoms with E-state index in [4.69, 9.17) is 37.9 Å². The minimum absolute atomic E-state index is 0.0146. The number of aliphatic hydroxyl groups is 4. The number of methoxy groups -OCH3 is 2. The van der Waals surface area contributed by atoms with Gasteiger partial charge >= 0.3 is 5.97 Å². The van der Waals surface area contributed by atoms with E-state index >= 15 is 0 Å². The second kappa shape index (κ2) is 11.4. The Morgan fingerprint density at radius 1 is 0.905 bits per heavy atom. The van der Waals surface area contributed by atoms with Gasteiger partial charge in [-0.05, 0) is 47.9 Å². The van der Waals surface area contributed by atoms with Gasteiger partial charge < -0.3 is 58.3 Å². The molecule has 3 aliphatic heterocycles. The van der Waals surface area contributed by atoms with Crippen LogP contribution in [0.4, 0.5) is 0 Å². The zero-order valence-corrected chi connectivity index (χ0v) is 23.3. The number of aliphatic hydroxyl groups excluding tert-OH is 4. The van der Waals surface area contributed by atoms with Gasteiger partial charge in [-0.3, -0.25) is 4.79 Å². The first-order valence-electron chi connectivity index (χ1n) is 13.8. The van der Waals surface area contributed by atoms with Crippen LogP contribution >= 0.6 is 0 Å². The molecule has 0 radical (unpaired) electrons. The minimum atomic E-state index is -1.63. The summed E-state index contributed by atoms with van der Waals surface area (Å²) >= 11 is 0. The molecular weight excluding hydrogens is 556 g/mol. The number of ether oxygens (including phenoxy) is 8. The van der Waals surface area contributed by atoms with Crippen LogP contribution in [0.25, 0.3) is 0 Å².